The number of aldehydes is 1. The molecule has 3 N–H and O–H groups in total. The van der Waals surface area contributed by atoms with Gasteiger partial charge in [-0.1, -0.05) is 74.9 Å². The Hall–Kier alpha value is -3.33. The first-order valence-electron chi connectivity index (χ1n) is 11.6. The molecule has 7 nitrogen and oxygen atoms in total. The van der Waals surface area contributed by atoms with Crippen LogP contribution >= 0.6 is 0 Å². The number of carbonyl (C=O) groups is 2. The molecule has 1 heterocycles. The number of para-hydroxylation sites is 1. The minimum atomic E-state index is -3.98. The van der Waals surface area contributed by atoms with Crippen molar-refractivity contribution in [2.45, 2.75) is 43.7 Å². The fraction of sp³-hybridized carbons (Fsp3) is 0.259. The molecule has 1 aromatic heterocycles. The van der Waals surface area contributed by atoms with Crippen molar-refractivity contribution in [2.75, 3.05) is 0 Å². The van der Waals surface area contributed by atoms with Crippen molar-refractivity contribution in [2.24, 2.45) is 11.7 Å². The second-order valence-electron chi connectivity index (χ2n) is 8.84. The Morgan fingerprint density at radius 3 is 2.40 bits per heavy atom. The van der Waals surface area contributed by atoms with Crippen LogP contribution in [0, 0.1) is 5.92 Å². The summed E-state index contributed by atoms with van der Waals surface area (Å²) in [5, 5.41) is 2.14. The molecule has 0 bridgehead atoms. The fourth-order valence-electron chi connectivity index (χ4n) is 4.30. The zero-order valence-electron chi connectivity index (χ0n) is 19.7. The maximum Gasteiger partial charge on any atom is 0.248 e. The van der Waals surface area contributed by atoms with E-state index in [-0.39, 0.29) is 23.1 Å². The molecular weight excluding hydrogens is 462 g/mol. The molecular formula is C27H29N3O4S. The lowest BCUT2D eigenvalue weighted by Gasteiger charge is -2.17. The molecule has 0 unspecified atom stereocenters. The number of hydrogen-bond acceptors (Lipinski definition) is 5. The van der Waals surface area contributed by atoms with E-state index in [0.717, 1.165) is 17.2 Å². The van der Waals surface area contributed by atoms with E-state index >= 15 is 0 Å². The second kappa shape index (κ2) is 10.1. The smallest absolute Gasteiger partial charge is 0.248 e. The number of hydrogen-bond donors (Lipinski definition) is 2. The van der Waals surface area contributed by atoms with Gasteiger partial charge in [-0.15, -0.1) is 0 Å². The molecule has 8 heteroatoms. The molecule has 0 spiro atoms. The van der Waals surface area contributed by atoms with Gasteiger partial charge < -0.3 is 10.5 Å². The number of rotatable bonds is 9. The molecule has 0 fully saturated rings. The molecule has 3 aromatic carbocycles. The van der Waals surface area contributed by atoms with Gasteiger partial charge in [0.15, 0.2) is 0 Å². The Bertz CT molecular complexity index is 1490. The largest absolute Gasteiger partial charge is 0.320 e. The second-order valence-corrected chi connectivity index (χ2v) is 10.5. The van der Waals surface area contributed by atoms with Crippen molar-refractivity contribution in [3.05, 3.63) is 78.5 Å². The molecule has 3 atom stereocenters. The first kappa shape index (κ1) is 24.8. The number of benzene rings is 3. The molecule has 0 aliphatic carbocycles. The topological polar surface area (TPSA) is 111 Å². The Balaban J connectivity index is 1.66. The maximum absolute atomic E-state index is 13.2. The van der Waals surface area contributed by atoms with Crippen LogP contribution in [0.2, 0.25) is 0 Å². The third-order valence-corrected chi connectivity index (χ3v) is 8.07. The average molecular weight is 492 g/mol. The minimum absolute atomic E-state index is 0.00217. The summed E-state index contributed by atoms with van der Waals surface area (Å²) in [4.78, 5) is 25.2. The van der Waals surface area contributed by atoms with Crippen molar-refractivity contribution in [1.82, 2.24) is 9.29 Å². The van der Waals surface area contributed by atoms with Crippen LogP contribution in [0.15, 0.2) is 77.8 Å². The van der Waals surface area contributed by atoms with Gasteiger partial charge >= 0.3 is 0 Å². The Morgan fingerprint density at radius 1 is 1.03 bits per heavy atom. The Labute approximate surface area is 205 Å². The molecule has 0 aliphatic rings. The molecule has 0 saturated carbocycles. The average Bonchev–Trinajstić information content (AvgIpc) is 3.24. The van der Waals surface area contributed by atoms with Gasteiger partial charge in [0.1, 0.15) is 6.29 Å². The van der Waals surface area contributed by atoms with E-state index in [1.165, 1.54) is 10.6 Å². The van der Waals surface area contributed by atoms with Crippen molar-refractivity contribution in [3.63, 3.8) is 0 Å². The summed E-state index contributed by atoms with van der Waals surface area (Å²) in [6.07, 6.45) is 3.11. The minimum Gasteiger partial charge on any atom is -0.320 e. The van der Waals surface area contributed by atoms with E-state index in [1.54, 1.807) is 24.4 Å². The van der Waals surface area contributed by atoms with Crippen LogP contribution in [-0.4, -0.2) is 37.3 Å². The monoisotopic (exact) mass is 491 g/mol. The summed E-state index contributed by atoms with van der Waals surface area (Å²) in [7, 11) is -3.98. The van der Waals surface area contributed by atoms with Crippen LogP contribution in [0.25, 0.3) is 21.7 Å². The van der Waals surface area contributed by atoms with Gasteiger partial charge in [0.2, 0.25) is 15.9 Å². The number of nitrogens with zero attached hydrogens (tertiary/aromatic N) is 1. The molecule has 35 heavy (non-hydrogen) atoms. The highest BCUT2D eigenvalue weighted by Gasteiger charge is 2.26. The number of nitrogens with two attached hydrogens (primary N) is 1. The summed E-state index contributed by atoms with van der Waals surface area (Å²) in [6, 6.07) is 17.9. The Kier molecular flexibility index (Phi) is 7.16. The van der Waals surface area contributed by atoms with Gasteiger partial charge in [-0.05, 0) is 35.4 Å². The van der Waals surface area contributed by atoms with E-state index in [9.17, 15) is 18.0 Å². The molecule has 4 rings (SSSR count). The lowest BCUT2D eigenvalue weighted by Crippen LogP contribution is -2.39. The first-order chi connectivity index (χ1) is 16.8. The molecule has 0 radical (unpaired) electrons. The number of nitrogens with one attached hydrogen (secondary N) is 1. The van der Waals surface area contributed by atoms with Crippen LogP contribution in [-0.2, 0) is 21.2 Å². The van der Waals surface area contributed by atoms with Gasteiger partial charge in [-0.2, -0.15) is 0 Å². The van der Waals surface area contributed by atoms with Crippen molar-refractivity contribution < 1.29 is 18.0 Å². The number of carbonyl (C=O) groups excluding carboxylic acids is 2. The molecule has 0 aliphatic heterocycles. The van der Waals surface area contributed by atoms with Gasteiger partial charge in [-0.25, -0.2) is 13.1 Å². The lowest BCUT2D eigenvalue weighted by molar-refractivity contribution is -0.109. The fourth-order valence-corrected chi connectivity index (χ4v) is 5.70. The molecule has 4 aromatic rings. The third-order valence-electron chi connectivity index (χ3n) is 6.52. The summed E-state index contributed by atoms with van der Waals surface area (Å²) < 4.78 is 30.5. The van der Waals surface area contributed by atoms with Crippen LogP contribution < -0.4 is 10.5 Å². The lowest BCUT2D eigenvalue weighted by atomic mass is 9.99. The van der Waals surface area contributed by atoms with E-state index in [4.69, 9.17) is 5.73 Å². The van der Waals surface area contributed by atoms with Crippen LogP contribution in [0.3, 0.4) is 0 Å². The highest BCUT2D eigenvalue weighted by atomic mass is 32.2. The van der Waals surface area contributed by atoms with E-state index < -0.39 is 22.1 Å². The van der Waals surface area contributed by atoms with E-state index in [1.807, 2.05) is 56.3 Å². The van der Waals surface area contributed by atoms with E-state index in [2.05, 4.69) is 4.72 Å². The van der Waals surface area contributed by atoms with Gasteiger partial charge in [0.05, 0.1) is 22.5 Å². The summed E-state index contributed by atoms with van der Waals surface area (Å²) in [6.45, 7) is 3.91. The first-order valence-corrected chi connectivity index (χ1v) is 13.1. The SMILES string of the molecule is CC[C@H](C)[C@H](N)C(=O)n1cc(C[C@@H](C=O)NS(=O)(=O)c2cccc3ccccc23)c2ccccc21. The van der Waals surface area contributed by atoms with Crippen molar-refractivity contribution in [3.8, 4) is 0 Å². The summed E-state index contributed by atoms with van der Waals surface area (Å²) >= 11 is 0. The molecule has 182 valence electrons. The normalized spacial score (nSPS) is 14.6. The maximum atomic E-state index is 13.2. The van der Waals surface area contributed by atoms with Gasteiger partial charge in [-0.3, -0.25) is 9.36 Å². The molecule has 0 saturated heterocycles. The number of sulfonamides is 1. The third kappa shape index (κ3) is 4.91. The summed E-state index contributed by atoms with van der Waals surface area (Å²) in [5.41, 5.74) is 7.56. The van der Waals surface area contributed by atoms with Crippen LogP contribution in [0.5, 0.6) is 0 Å². The number of aromatic nitrogens is 1. The number of fused-ring (bicyclic) bond motifs is 2. The highest BCUT2D eigenvalue weighted by molar-refractivity contribution is 7.89. The zero-order chi connectivity index (χ0) is 25.2. The standard InChI is InChI=1S/C27H29N3O4S/c1-3-18(2)26(28)27(32)30-16-20(22-11-6-7-13-24(22)30)15-21(17-31)29-35(33,34)25-14-8-10-19-9-4-5-12-23(19)25/h4-14,16-18,21,26,29H,3,15,28H2,1-2H3/t18-,21-,26-/m0/s1. The predicted octanol–water partition coefficient (Wildman–Crippen LogP) is 3.90. The summed E-state index contributed by atoms with van der Waals surface area (Å²) in [5.74, 6) is -0.233. The quantitative estimate of drug-likeness (QED) is 0.345. The van der Waals surface area contributed by atoms with Gasteiger partial charge in [0.25, 0.3) is 0 Å². The van der Waals surface area contributed by atoms with Crippen molar-refractivity contribution >= 4 is 43.9 Å². The van der Waals surface area contributed by atoms with Crippen LogP contribution in [0.1, 0.15) is 30.6 Å². The van der Waals surface area contributed by atoms with Crippen LogP contribution in [0.4, 0.5) is 0 Å². The molecule has 0 amide bonds. The predicted molar refractivity (Wildman–Crippen MR) is 138 cm³/mol. The van der Waals surface area contributed by atoms with E-state index in [0.29, 0.717) is 22.8 Å². The van der Waals surface area contributed by atoms with Gasteiger partial charge in [0, 0.05) is 17.0 Å². The Morgan fingerprint density at radius 2 is 1.69 bits per heavy atom. The zero-order valence-corrected chi connectivity index (χ0v) is 20.5. The highest BCUT2D eigenvalue weighted by Crippen LogP contribution is 2.26. The van der Waals surface area contributed by atoms with Crippen molar-refractivity contribution in [1.29, 1.82) is 0 Å².